The lowest BCUT2D eigenvalue weighted by Crippen LogP contribution is -2.41. The molecule has 0 spiro atoms. The maximum atomic E-state index is 12.6. The molecule has 0 radical (unpaired) electrons. The van der Waals surface area contributed by atoms with E-state index in [1.54, 1.807) is 14.2 Å². The third-order valence-corrected chi connectivity index (χ3v) is 4.73. The van der Waals surface area contributed by atoms with Crippen LogP contribution in [0.15, 0.2) is 48.5 Å². The Kier molecular flexibility index (Phi) is 6.54. The molecule has 144 valence electrons. The number of ether oxygens (including phenoxy) is 3. The van der Waals surface area contributed by atoms with E-state index in [4.69, 9.17) is 14.2 Å². The molecule has 1 saturated heterocycles. The summed E-state index contributed by atoms with van der Waals surface area (Å²) >= 11 is 0. The average Bonchev–Trinajstić information content (AvgIpc) is 3.18. The van der Waals surface area contributed by atoms with Crippen molar-refractivity contribution in [3.8, 4) is 17.2 Å². The summed E-state index contributed by atoms with van der Waals surface area (Å²) in [6.07, 6.45) is 1.88. The molecule has 2 aromatic carbocycles. The van der Waals surface area contributed by atoms with Gasteiger partial charge in [-0.2, -0.15) is 0 Å². The zero-order valence-electron chi connectivity index (χ0n) is 15.8. The predicted molar refractivity (Wildman–Crippen MR) is 105 cm³/mol. The van der Waals surface area contributed by atoms with Crippen LogP contribution in [0.25, 0.3) is 0 Å². The van der Waals surface area contributed by atoms with Crippen molar-refractivity contribution < 1.29 is 19.0 Å². The number of nitrogens with one attached hydrogen (secondary N) is 1. The van der Waals surface area contributed by atoms with Gasteiger partial charge in [-0.05, 0) is 67.9 Å². The summed E-state index contributed by atoms with van der Waals surface area (Å²) in [5.74, 6) is 2.40. The first kappa shape index (κ1) is 19.0. The van der Waals surface area contributed by atoms with Crippen LogP contribution in [0.4, 0.5) is 5.69 Å². The molecule has 0 saturated carbocycles. The van der Waals surface area contributed by atoms with Gasteiger partial charge in [0.2, 0.25) is 5.91 Å². The van der Waals surface area contributed by atoms with Crippen LogP contribution in [0.1, 0.15) is 12.8 Å². The summed E-state index contributed by atoms with van der Waals surface area (Å²) in [6.45, 7) is 2.16. The van der Waals surface area contributed by atoms with Gasteiger partial charge in [0.05, 0.1) is 20.3 Å². The highest BCUT2D eigenvalue weighted by molar-refractivity contribution is 5.95. The van der Waals surface area contributed by atoms with Gasteiger partial charge in [-0.3, -0.25) is 9.69 Å². The first-order chi connectivity index (χ1) is 13.2. The second-order valence-electron chi connectivity index (χ2n) is 6.44. The van der Waals surface area contributed by atoms with Crippen LogP contribution in [0.2, 0.25) is 0 Å². The fraction of sp³-hybridized carbons (Fsp3) is 0.381. The molecule has 6 heteroatoms. The minimum atomic E-state index is -0.119. The Bertz CT molecular complexity index is 731. The number of carbonyl (C=O) groups excluding carboxylic acids is 1. The van der Waals surface area contributed by atoms with Gasteiger partial charge in [0.15, 0.2) is 0 Å². The van der Waals surface area contributed by atoms with E-state index in [0.717, 1.165) is 42.3 Å². The molecule has 2 aromatic rings. The van der Waals surface area contributed by atoms with Crippen LogP contribution >= 0.6 is 0 Å². The van der Waals surface area contributed by atoms with Crippen molar-refractivity contribution in [2.45, 2.75) is 18.9 Å². The summed E-state index contributed by atoms with van der Waals surface area (Å²) in [7, 11) is 3.26. The SMILES string of the molecule is COc1ccc(NC(=O)C2CCCN2CCOc2ccc(OC)cc2)cc1. The van der Waals surface area contributed by atoms with Crippen LogP contribution in [0.5, 0.6) is 17.2 Å². The van der Waals surface area contributed by atoms with Crippen molar-refractivity contribution in [2.24, 2.45) is 0 Å². The van der Waals surface area contributed by atoms with Crippen molar-refractivity contribution >= 4 is 11.6 Å². The van der Waals surface area contributed by atoms with Crippen molar-refractivity contribution in [3.05, 3.63) is 48.5 Å². The molecule has 1 amide bonds. The Hall–Kier alpha value is -2.73. The summed E-state index contributed by atoms with van der Waals surface area (Å²) in [5, 5.41) is 3.00. The van der Waals surface area contributed by atoms with Crippen LogP contribution in [0, 0.1) is 0 Å². The number of benzene rings is 2. The molecule has 0 aromatic heterocycles. The molecule has 1 aliphatic heterocycles. The number of nitrogens with zero attached hydrogens (tertiary/aromatic N) is 1. The molecule has 1 unspecified atom stereocenters. The van der Waals surface area contributed by atoms with Crippen LogP contribution in [-0.4, -0.2) is 50.8 Å². The third kappa shape index (κ3) is 5.14. The second kappa shape index (κ2) is 9.28. The lowest BCUT2D eigenvalue weighted by atomic mass is 10.2. The highest BCUT2D eigenvalue weighted by atomic mass is 16.5. The molecule has 1 fully saturated rings. The standard InChI is InChI=1S/C21H26N2O4/c1-25-17-7-5-16(6-8-17)22-21(24)20-4-3-13-23(20)14-15-27-19-11-9-18(26-2)10-12-19/h5-12,20H,3-4,13-15H2,1-2H3,(H,22,24). The summed E-state index contributed by atoms with van der Waals surface area (Å²) in [4.78, 5) is 14.8. The van der Waals surface area contributed by atoms with Crippen molar-refractivity contribution in [1.82, 2.24) is 4.90 Å². The monoisotopic (exact) mass is 370 g/mol. The fourth-order valence-corrected chi connectivity index (χ4v) is 3.24. The Morgan fingerprint density at radius 1 is 1.00 bits per heavy atom. The predicted octanol–water partition coefficient (Wildman–Crippen LogP) is 3.19. The highest BCUT2D eigenvalue weighted by Crippen LogP contribution is 2.21. The average molecular weight is 370 g/mol. The molecule has 1 atom stereocenters. The molecule has 27 heavy (non-hydrogen) atoms. The maximum absolute atomic E-state index is 12.6. The summed E-state index contributed by atoms with van der Waals surface area (Å²) < 4.78 is 16.1. The van der Waals surface area contributed by atoms with Gasteiger partial charge in [0, 0.05) is 12.2 Å². The number of methoxy groups -OCH3 is 2. The van der Waals surface area contributed by atoms with E-state index in [1.807, 2.05) is 48.5 Å². The number of rotatable bonds is 8. The van der Waals surface area contributed by atoms with Gasteiger partial charge in [-0.15, -0.1) is 0 Å². The topological polar surface area (TPSA) is 60.0 Å². The van der Waals surface area contributed by atoms with Gasteiger partial charge in [-0.25, -0.2) is 0 Å². The van der Waals surface area contributed by atoms with Gasteiger partial charge in [0.25, 0.3) is 0 Å². The van der Waals surface area contributed by atoms with Gasteiger partial charge >= 0.3 is 0 Å². The van der Waals surface area contributed by atoms with Crippen molar-refractivity contribution in [1.29, 1.82) is 0 Å². The number of hydrogen-bond donors (Lipinski definition) is 1. The van der Waals surface area contributed by atoms with Crippen molar-refractivity contribution in [2.75, 3.05) is 39.2 Å². The Labute approximate surface area is 160 Å². The van der Waals surface area contributed by atoms with E-state index in [0.29, 0.717) is 13.2 Å². The molecule has 0 bridgehead atoms. The van der Waals surface area contributed by atoms with E-state index in [2.05, 4.69) is 10.2 Å². The first-order valence-corrected chi connectivity index (χ1v) is 9.15. The minimum absolute atomic E-state index is 0.0297. The number of anilines is 1. The van der Waals surface area contributed by atoms with Crippen LogP contribution in [0.3, 0.4) is 0 Å². The molecular formula is C21H26N2O4. The Morgan fingerprint density at radius 2 is 1.59 bits per heavy atom. The van der Waals surface area contributed by atoms with Gasteiger partial charge in [0.1, 0.15) is 23.9 Å². The fourth-order valence-electron chi connectivity index (χ4n) is 3.24. The van der Waals surface area contributed by atoms with E-state index < -0.39 is 0 Å². The molecule has 1 N–H and O–H groups in total. The number of carbonyl (C=O) groups is 1. The lowest BCUT2D eigenvalue weighted by molar-refractivity contribution is -0.120. The summed E-state index contributed by atoms with van der Waals surface area (Å²) in [6, 6.07) is 14.8. The van der Waals surface area contributed by atoms with Crippen LogP contribution < -0.4 is 19.5 Å². The van der Waals surface area contributed by atoms with E-state index >= 15 is 0 Å². The highest BCUT2D eigenvalue weighted by Gasteiger charge is 2.30. The van der Waals surface area contributed by atoms with E-state index in [-0.39, 0.29) is 11.9 Å². The molecule has 3 rings (SSSR count). The van der Waals surface area contributed by atoms with Crippen LogP contribution in [-0.2, 0) is 4.79 Å². The Morgan fingerprint density at radius 3 is 2.22 bits per heavy atom. The van der Waals surface area contributed by atoms with E-state index in [9.17, 15) is 4.79 Å². The lowest BCUT2D eigenvalue weighted by Gasteiger charge is -2.23. The number of hydrogen-bond acceptors (Lipinski definition) is 5. The number of amides is 1. The smallest absolute Gasteiger partial charge is 0.241 e. The van der Waals surface area contributed by atoms with Crippen molar-refractivity contribution in [3.63, 3.8) is 0 Å². The molecule has 0 aliphatic carbocycles. The first-order valence-electron chi connectivity index (χ1n) is 9.15. The Balaban J connectivity index is 1.49. The molecule has 1 heterocycles. The second-order valence-corrected chi connectivity index (χ2v) is 6.44. The third-order valence-electron chi connectivity index (χ3n) is 4.73. The van der Waals surface area contributed by atoms with Gasteiger partial charge < -0.3 is 19.5 Å². The maximum Gasteiger partial charge on any atom is 0.241 e. The molecule has 6 nitrogen and oxygen atoms in total. The van der Waals surface area contributed by atoms with E-state index in [1.165, 1.54) is 0 Å². The van der Waals surface area contributed by atoms with Gasteiger partial charge in [-0.1, -0.05) is 0 Å². The number of likely N-dealkylation sites (tertiary alicyclic amines) is 1. The minimum Gasteiger partial charge on any atom is -0.497 e. The normalized spacial score (nSPS) is 16.7. The summed E-state index contributed by atoms with van der Waals surface area (Å²) in [5.41, 5.74) is 0.780. The molecular weight excluding hydrogens is 344 g/mol. The zero-order chi connectivity index (χ0) is 19.1. The zero-order valence-corrected chi connectivity index (χ0v) is 15.8. The molecule has 1 aliphatic rings. The largest absolute Gasteiger partial charge is 0.497 e. The quantitative estimate of drug-likeness (QED) is 0.773.